The summed E-state index contributed by atoms with van der Waals surface area (Å²) in [6.07, 6.45) is 4.04. The number of rotatable bonds is 8. The van der Waals surface area contributed by atoms with Gasteiger partial charge in [-0.3, -0.25) is 9.59 Å². The van der Waals surface area contributed by atoms with E-state index < -0.39 is 0 Å². The maximum absolute atomic E-state index is 12.1. The lowest BCUT2D eigenvalue weighted by molar-refractivity contribution is -0.125. The number of benzene rings is 1. The molecule has 0 aliphatic heterocycles. The first-order valence-electron chi connectivity index (χ1n) is 7.71. The summed E-state index contributed by atoms with van der Waals surface area (Å²) in [5.74, 6) is 0.132. The van der Waals surface area contributed by atoms with Gasteiger partial charge in [-0.2, -0.15) is 0 Å². The van der Waals surface area contributed by atoms with Gasteiger partial charge in [0.05, 0.1) is 0 Å². The van der Waals surface area contributed by atoms with Gasteiger partial charge >= 0.3 is 0 Å². The molecule has 1 aromatic carbocycles. The summed E-state index contributed by atoms with van der Waals surface area (Å²) < 4.78 is 0. The summed E-state index contributed by atoms with van der Waals surface area (Å²) in [6.45, 7) is 4.70. The van der Waals surface area contributed by atoms with Crippen molar-refractivity contribution in [3.63, 3.8) is 0 Å². The average Bonchev–Trinajstić information content (AvgIpc) is 2.53. The third-order valence-corrected chi connectivity index (χ3v) is 3.68. The lowest BCUT2D eigenvalue weighted by atomic mass is 9.98. The Hall–Kier alpha value is -1.84. The van der Waals surface area contributed by atoms with Crippen LogP contribution in [0.1, 0.15) is 55.5 Å². The van der Waals surface area contributed by atoms with Crippen molar-refractivity contribution in [2.24, 2.45) is 5.92 Å². The first-order valence-corrected chi connectivity index (χ1v) is 7.71. The van der Waals surface area contributed by atoms with Gasteiger partial charge in [0.25, 0.3) is 5.91 Å². The van der Waals surface area contributed by atoms with E-state index in [1.165, 1.54) is 0 Å². The minimum atomic E-state index is -0.101. The number of hydrogen-bond acceptors (Lipinski definition) is 2. The third kappa shape index (κ3) is 5.58. The molecule has 0 bridgehead atoms. The largest absolute Gasteiger partial charge is 0.355 e. The van der Waals surface area contributed by atoms with Crippen molar-refractivity contribution in [2.45, 2.75) is 46.1 Å². The van der Waals surface area contributed by atoms with Gasteiger partial charge in [0.2, 0.25) is 5.91 Å². The minimum absolute atomic E-state index is 0.101. The molecule has 1 aromatic rings. The van der Waals surface area contributed by atoms with Gasteiger partial charge in [0.1, 0.15) is 0 Å². The Bertz CT molecular complexity index is 454. The topological polar surface area (TPSA) is 58.2 Å². The fourth-order valence-electron chi connectivity index (χ4n) is 2.22. The molecular formula is C17H26N2O2. The molecule has 0 aromatic heterocycles. The highest BCUT2D eigenvalue weighted by Gasteiger charge is 2.15. The summed E-state index contributed by atoms with van der Waals surface area (Å²) in [6, 6.07) is 7.29. The third-order valence-electron chi connectivity index (χ3n) is 3.68. The van der Waals surface area contributed by atoms with Crippen LogP contribution in [0.2, 0.25) is 0 Å². The Morgan fingerprint density at radius 1 is 1.14 bits per heavy atom. The van der Waals surface area contributed by atoms with Crippen molar-refractivity contribution in [3.8, 4) is 0 Å². The smallest absolute Gasteiger partial charge is 0.251 e. The zero-order chi connectivity index (χ0) is 15.7. The monoisotopic (exact) mass is 290 g/mol. The maximum atomic E-state index is 12.1. The van der Waals surface area contributed by atoms with E-state index in [1.54, 1.807) is 19.2 Å². The second-order valence-electron chi connectivity index (χ2n) is 5.24. The van der Waals surface area contributed by atoms with E-state index in [4.69, 9.17) is 0 Å². The van der Waals surface area contributed by atoms with Gasteiger partial charge < -0.3 is 10.6 Å². The molecule has 2 N–H and O–H groups in total. The molecule has 0 heterocycles. The number of amides is 2. The first-order chi connectivity index (χ1) is 10.1. The Morgan fingerprint density at radius 2 is 1.81 bits per heavy atom. The second kappa shape index (κ2) is 9.16. The van der Waals surface area contributed by atoms with E-state index in [9.17, 15) is 9.59 Å². The molecular weight excluding hydrogens is 264 g/mol. The van der Waals surface area contributed by atoms with Crippen molar-refractivity contribution >= 4 is 11.8 Å². The number of carbonyl (C=O) groups is 2. The van der Waals surface area contributed by atoms with Crippen LogP contribution in [-0.2, 0) is 11.3 Å². The highest BCUT2D eigenvalue weighted by molar-refractivity contribution is 5.93. The second-order valence-corrected chi connectivity index (χ2v) is 5.24. The molecule has 0 saturated heterocycles. The predicted octanol–water partition coefficient (Wildman–Crippen LogP) is 2.88. The maximum Gasteiger partial charge on any atom is 0.251 e. The van der Waals surface area contributed by atoms with Crippen molar-refractivity contribution in [2.75, 3.05) is 7.05 Å². The first kappa shape index (κ1) is 17.2. The number of hydrogen-bond donors (Lipinski definition) is 2. The lowest BCUT2D eigenvalue weighted by Gasteiger charge is -2.14. The Morgan fingerprint density at radius 3 is 2.33 bits per heavy atom. The molecule has 1 atom stereocenters. The summed E-state index contributed by atoms with van der Waals surface area (Å²) in [5.41, 5.74) is 1.63. The Balaban J connectivity index is 2.50. The summed E-state index contributed by atoms with van der Waals surface area (Å²) >= 11 is 0. The highest BCUT2D eigenvalue weighted by atomic mass is 16.2. The SMILES string of the molecule is CCCCC(CC)C(=O)NCc1ccc(C(=O)NC)cc1. The van der Waals surface area contributed by atoms with Gasteiger partial charge in [-0.05, 0) is 30.5 Å². The summed E-state index contributed by atoms with van der Waals surface area (Å²) in [5, 5.41) is 5.57. The van der Waals surface area contributed by atoms with Crippen LogP contribution in [-0.4, -0.2) is 18.9 Å². The van der Waals surface area contributed by atoms with Gasteiger partial charge in [-0.15, -0.1) is 0 Å². The highest BCUT2D eigenvalue weighted by Crippen LogP contribution is 2.13. The molecule has 0 aliphatic carbocycles. The van der Waals surface area contributed by atoms with Crippen LogP contribution in [0.5, 0.6) is 0 Å². The Labute approximate surface area is 127 Å². The fraction of sp³-hybridized carbons (Fsp3) is 0.529. The van der Waals surface area contributed by atoms with Crippen LogP contribution in [0.25, 0.3) is 0 Å². The molecule has 1 unspecified atom stereocenters. The molecule has 21 heavy (non-hydrogen) atoms. The lowest BCUT2D eigenvalue weighted by Crippen LogP contribution is -2.30. The molecule has 1 rings (SSSR count). The number of carbonyl (C=O) groups excluding carboxylic acids is 2. The molecule has 116 valence electrons. The number of unbranched alkanes of at least 4 members (excludes halogenated alkanes) is 1. The zero-order valence-electron chi connectivity index (χ0n) is 13.2. The number of nitrogens with one attached hydrogen (secondary N) is 2. The van der Waals surface area contributed by atoms with Gasteiger partial charge in [0.15, 0.2) is 0 Å². The van der Waals surface area contributed by atoms with Crippen LogP contribution in [0.3, 0.4) is 0 Å². The molecule has 0 spiro atoms. The van der Waals surface area contributed by atoms with Gasteiger partial charge in [0, 0.05) is 25.1 Å². The van der Waals surface area contributed by atoms with Crippen molar-refractivity contribution in [1.29, 1.82) is 0 Å². The Kier molecular flexibility index (Phi) is 7.51. The molecule has 4 heteroatoms. The predicted molar refractivity (Wildman–Crippen MR) is 85.0 cm³/mol. The molecule has 2 amide bonds. The van der Waals surface area contributed by atoms with E-state index in [0.717, 1.165) is 31.2 Å². The van der Waals surface area contributed by atoms with Crippen LogP contribution in [0, 0.1) is 5.92 Å². The fourth-order valence-corrected chi connectivity index (χ4v) is 2.22. The van der Waals surface area contributed by atoms with E-state index in [0.29, 0.717) is 12.1 Å². The molecule has 4 nitrogen and oxygen atoms in total. The standard InChI is InChI=1S/C17H26N2O2/c1-4-6-7-14(5-2)17(21)19-12-13-8-10-15(11-9-13)16(20)18-3/h8-11,14H,4-7,12H2,1-3H3,(H,18,20)(H,19,21). The molecule has 0 aliphatic rings. The normalized spacial score (nSPS) is 11.8. The van der Waals surface area contributed by atoms with E-state index in [1.807, 2.05) is 12.1 Å². The van der Waals surface area contributed by atoms with E-state index >= 15 is 0 Å². The summed E-state index contributed by atoms with van der Waals surface area (Å²) in [7, 11) is 1.61. The van der Waals surface area contributed by atoms with Crippen LogP contribution >= 0.6 is 0 Å². The van der Waals surface area contributed by atoms with Crippen LogP contribution in [0.15, 0.2) is 24.3 Å². The van der Waals surface area contributed by atoms with Gasteiger partial charge in [-0.1, -0.05) is 38.8 Å². The molecule has 0 saturated carbocycles. The molecule has 0 radical (unpaired) electrons. The van der Waals surface area contributed by atoms with Crippen LogP contribution < -0.4 is 10.6 Å². The minimum Gasteiger partial charge on any atom is -0.355 e. The zero-order valence-corrected chi connectivity index (χ0v) is 13.2. The quantitative estimate of drug-likeness (QED) is 0.773. The van der Waals surface area contributed by atoms with Crippen molar-refractivity contribution < 1.29 is 9.59 Å². The molecule has 0 fully saturated rings. The van der Waals surface area contributed by atoms with Crippen molar-refractivity contribution in [3.05, 3.63) is 35.4 Å². The van der Waals surface area contributed by atoms with E-state index in [-0.39, 0.29) is 17.7 Å². The van der Waals surface area contributed by atoms with Crippen molar-refractivity contribution in [1.82, 2.24) is 10.6 Å². The van der Waals surface area contributed by atoms with Gasteiger partial charge in [-0.25, -0.2) is 0 Å². The van der Waals surface area contributed by atoms with Crippen LogP contribution in [0.4, 0.5) is 0 Å². The summed E-state index contributed by atoms with van der Waals surface area (Å²) in [4.78, 5) is 23.5. The average molecular weight is 290 g/mol. The van der Waals surface area contributed by atoms with E-state index in [2.05, 4.69) is 24.5 Å².